The van der Waals surface area contributed by atoms with Crippen LogP contribution < -0.4 is 5.32 Å². The van der Waals surface area contributed by atoms with E-state index in [1.807, 2.05) is 6.92 Å². The molecule has 2 aromatic rings. The molecule has 0 spiro atoms. The molecular weight excluding hydrogens is 276 g/mol. The zero-order valence-electron chi connectivity index (χ0n) is 11.5. The Morgan fingerprint density at radius 3 is 2.57 bits per heavy atom. The fourth-order valence-corrected chi connectivity index (χ4v) is 2.08. The van der Waals surface area contributed by atoms with Crippen molar-refractivity contribution in [1.82, 2.24) is 0 Å². The third-order valence-electron chi connectivity index (χ3n) is 3.23. The molecule has 0 heterocycles. The van der Waals surface area contributed by atoms with Gasteiger partial charge in [0.2, 0.25) is 0 Å². The van der Waals surface area contributed by atoms with Crippen LogP contribution in [0.15, 0.2) is 36.4 Å². The van der Waals surface area contributed by atoms with Gasteiger partial charge in [-0.2, -0.15) is 0 Å². The SMILES string of the molecule is Cc1cc(F)ccc1CCNc1ccc(C(=O)O)c(F)c1. The van der Waals surface area contributed by atoms with Crippen LogP contribution in [0, 0.1) is 18.6 Å². The number of anilines is 1. The monoisotopic (exact) mass is 291 g/mol. The molecule has 3 nitrogen and oxygen atoms in total. The smallest absolute Gasteiger partial charge is 0.338 e. The summed E-state index contributed by atoms with van der Waals surface area (Å²) in [4.78, 5) is 10.7. The molecule has 110 valence electrons. The highest BCUT2D eigenvalue weighted by Gasteiger charge is 2.10. The average Bonchev–Trinajstić information content (AvgIpc) is 2.41. The molecule has 21 heavy (non-hydrogen) atoms. The van der Waals surface area contributed by atoms with Crippen LogP contribution in [0.5, 0.6) is 0 Å². The third-order valence-corrected chi connectivity index (χ3v) is 3.23. The Labute approximate surface area is 121 Å². The van der Waals surface area contributed by atoms with Crippen molar-refractivity contribution in [2.24, 2.45) is 0 Å². The van der Waals surface area contributed by atoms with Crippen molar-refractivity contribution in [2.45, 2.75) is 13.3 Å². The number of aryl methyl sites for hydroxylation is 1. The molecule has 0 saturated carbocycles. The molecule has 0 radical (unpaired) electrons. The van der Waals surface area contributed by atoms with E-state index in [0.29, 0.717) is 18.7 Å². The van der Waals surface area contributed by atoms with Gasteiger partial charge < -0.3 is 10.4 Å². The standard InChI is InChI=1S/C16H15F2NO2/c1-10-8-12(17)3-2-11(10)6-7-19-13-4-5-14(16(20)21)15(18)9-13/h2-5,8-9,19H,6-7H2,1H3,(H,20,21). The third kappa shape index (κ3) is 3.78. The van der Waals surface area contributed by atoms with E-state index in [1.165, 1.54) is 24.3 Å². The molecule has 5 heteroatoms. The van der Waals surface area contributed by atoms with Gasteiger partial charge in [-0.3, -0.25) is 0 Å². The van der Waals surface area contributed by atoms with Gasteiger partial charge in [0, 0.05) is 12.2 Å². The Morgan fingerprint density at radius 1 is 1.19 bits per heavy atom. The normalized spacial score (nSPS) is 10.4. The zero-order valence-corrected chi connectivity index (χ0v) is 11.5. The second-order valence-electron chi connectivity index (χ2n) is 4.75. The summed E-state index contributed by atoms with van der Waals surface area (Å²) in [5, 5.41) is 11.8. The zero-order chi connectivity index (χ0) is 15.4. The Kier molecular flexibility index (Phi) is 4.52. The van der Waals surface area contributed by atoms with Gasteiger partial charge in [-0.1, -0.05) is 6.07 Å². The summed E-state index contributed by atoms with van der Waals surface area (Å²) in [5.74, 6) is -2.33. The molecule has 2 rings (SSSR count). The second-order valence-corrected chi connectivity index (χ2v) is 4.75. The minimum Gasteiger partial charge on any atom is -0.478 e. The van der Waals surface area contributed by atoms with Gasteiger partial charge in [0.25, 0.3) is 0 Å². The predicted molar refractivity (Wildman–Crippen MR) is 76.7 cm³/mol. The van der Waals surface area contributed by atoms with Gasteiger partial charge in [-0.15, -0.1) is 0 Å². The van der Waals surface area contributed by atoms with Gasteiger partial charge in [-0.25, -0.2) is 13.6 Å². The summed E-state index contributed by atoms with van der Waals surface area (Å²) in [6, 6.07) is 8.49. The number of halogens is 2. The Morgan fingerprint density at radius 2 is 1.95 bits per heavy atom. The topological polar surface area (TPSA) is 49.3 Å². The van der Waals surface area contributed by atoms with Crippen molar-refractivity contribution in [3.63, 3.8) is 0 Å². The van der Waals surface area contributed by atoms with Crippen molar-refractivity contribution in [2.75, 3.05) is 11.9 Å². The number of carbonyl (C=O) groups is 1. The minimum absolute atomic E-state index is 0.268. The maximum absolute atomic E-state index is 13.5. The molecule has 0 saturated heterocycles. The van der Waals surface area contributed by atoms with Crippen LogP contribution in [-0.2, 0) is 6.42 Å². The van der Waals surface area contributed by atoms with Crippen LogP contribution in [0.2, 0.25) is 0 Å². The largest absolute Gasteiger partial charge is 0.478 e. The van der Waals surface area contributed by atoms with Gasteiger partial charge >= 0.3 is 5.97 Å². The molecule has 0 aliphatic heterocycles. The summed E-state index contributed by atoms with van der Waals surface area (Å²) in [6.45, 7) is 2.37. The van der Waals surface area contributed by atoms with E-state index in [4.69, 9.17) is 5.11 Å². The quantitative estimate of drug-likeness (QED) is 0.884. The average molecular weight is 291 g/mol. The fourth-order valence-electron chi connectivity index (χ4n) is 2.08. The van der Waals surface area contributed by atoms with Gasteiger partial charge in [-0.05, 0) is 54.8 Å². The van der Waals surface area contributed by atoms with Crippen molar-refractivity contribution in [1.29, 1.82) is 0 Å². The van der Waals surface area contributed by atoms with E-state index in [2.05, 4.69) is 5.32 Å². The van der Waals surface area contributed by atoms with E-state index in [9.17, 15) is 13.6 Å². The van der Waals surface area contributed by atoms with E-state index in [0.717, 1.165) is 17.2 Å². The predicted octanol–water partition coefficient (Wildman–Crippen LogP) is 3.63. The fraction of sp³-hybridized carbons (Fsp3) is 0.188. The highest BCUT2D eigenvalue weighted by Crippen LogP contribution is 2.15. The summed E-state index contributed by atoms with van der Waals surface area (Å²) >= 11 is 0. The Bertz CT molecular complexity index is 671. The van der Waals surface area contributed by atoms with E-state index in [-0.39, 0.29) is 11.4 Å². The first-order chi connectivity index (χ1) is 9.97. The number of hydrogen-bond donors (Lipinski definition) is 2. The Balaban J connectivity index is 1.97. The molecule has 0 aromatic heterocycles. The van der Waals surface area contributed by atoms with E-state index < -0.39 is 11.8 Å². The summed E-state index contributed by atoms with van der Waals surface area (Å²) < 4.78 is 26.5. The first-order valence-corrected chi connectivity index (χ1v) is 6.49. The van der Waals surface area contributed by atoms with Gasteiger partial charge in [0.15, 0.2) is 0 Å². The van der Waals surface area contributed by atoms with Crippen LogP contribution in [0.1, 0.15) is 21.5 Å². The number of aromatic carboxylic acids is 1. The maximum atomic E-state index is 13.5. The highest BCUT2D eigenvalue weighted by atomic mass is 19.1. The number of carboxylic acids is 1. The molecular formula is C16H15F2NO2. The number of nitrogens with one attached hydrogen (secondary N) is 1. The molecule has 0 aliphatic carbocycles. The molecule has 0 amide bonds. The number of benzene rings is 2. The van der Waals surface area contributed by atoms with Gasteiger partial charge in [0.05, 0.1) is 5.56 Å². The van der Waals surface area contributed by atoms with Crippen molar-refractivity contribution < 1.29 is 18.7 Å². The minimum atomic E-state index is -1.29. The van der Waals surface area contributed by atoms with Crippen molar-refractivity contribution in [3.05, 3.63) is 64.7 Å². The van der Waals surface area contributed by atoms with Crippen LogP contribution >= 0.6 is 0 Å². The van der Waals surface area contributed by atoms with Crippen LogP contribution in [0.3, 0.4) is 0 Å². The molecule has 0 fully saturated rings. The lowest BCUT2D eigenvalue weighted by atomic mass is 10.1. The lowest BCUT2D eigenvalue weighted by molar-refractivity contribution is 0.0692. The molecule has 0 unspecified atom stereocenters. The number of hydrogen-bond acceptors (Lipinski definition) is 2. The lowest BCUT2D eigenvalue weighted by Crippen LogP contribution is -2.07. The Hall–Kier alpha value is -2.43. The molecule has 2 aromatic carbocycles. The highest BCUT2D eigenvalue weighted by molar-refractivity contribution is 5.88. The summed E-state index contributed by atoms with van der Waals surface area (Å²) in [6.07, 6.45) is 0.661. The van der Waals surface area contributed by atoms with E-state index in [1.54, 1.807) is 6.07 Å². The number of rotatable bonds is 5. The van der Waals surface area contributed by atoms with Crippen LogP contribution in [0.4, 0.5) is 14.5 Å². The van der Waals surface area contributed by atoms with Crippen LogP contribution in [-0.4, -0.2) is 17.6 Å². The molecule has 0 atom stereocenters. The van der Waals surface area contributed by atoms with Gasteiger partial charge in [0.1, 0.15) is 11.6 Å². The van der Waals surface area contributed by atoms with E-state index >= 15 is 0 Å². The lowest BCUT2D eigenvalue weighted by Gasteiger charge is -2.09. The number of carboxylic acid groups (broad SMARTS) is 1. The summed E-state index contributed by atoms with van der Waals surface area (Å²) in [5.41, 5.74) is 2.03. The molecule has 0 bridgehead atoms. The maximum Gasteiger partial charge on any atom is 0.338 e. The first kappa shape index (κ1) is 15.0. The second kappa shape index (κ2) is 6.35. The van der Waals surface area contributed by atoms with Crippen LogP contribution in [0.25, 0.3) is 0 Å². The first-order valence-electron chi connectivity index (χ1n) is 6.49. The van der Waals surface area contributed by atoms with Crippen molar-refractivity contribution in [3.8, 4) is 0 Å². The molecule has 2 N–H and O–H groups in total. The molecule has 0 aliphatic rings. The van der Waals surface area contributed by atoms with Crippen molar-refractivity contribution >= 4 is 11.7 Å². The summed E-state index contributed by atoms with van der Waals surface area (Å²) in [7, 11) is 0.